The quantitative estimate of drug-likeness (QED) is 0.0337. The largest absolute Gasteiger partial charge is 0.480 e. The van der Waals surface area contributed by atoms with E-state index in [0.29, 0.717) is 68.1 Å². The summed E-state index contributed by atoms with van der Waals surface area (Å²) in [4.78, 5) is 52.1. The lowest BCUT2D eigenvalue weighted by Crippen LogP contribution is -2.48. The first-order chi connectivity index (χ1) is 33.5. The molecule has 0 heterocycles. The molecule has 0 spiro atoms. The van der Waals surface area contributed by atoms with Crippen LogP contribution in [0.15, 0.2) is 24.3 Å². The summed E-state index contributed by atoms with van der Waals surface area (Å²) in [7, 11) is 3.66. The number of aliphatic carboxylic acids is 2. The number of rotatable bonds is 30. The number of unbranched alkanes of at least 4 members (excludes halogenated alkanes) is 14. The van der Waals surface area contributed by atoms with Crippen LogP contribution in [-0.4, -0.2) is 83.3 Å². The molecule has 0 radical (unpaired) electrons. The predicted octanol–water partition coefficient (Wildman–Crippen LogP) is 13.3. The highest BCUT2D eigenvalue weighted by atomic mass is 19.2. The van der Waals surface area contributed by atoms with Crippen molar-refractivity contribution in [3.05, 3.63) is 69.8 Å². The fourth-order valence-electron chi connectivity index (χ4n) is 10.2. The first kappa shape index (κ1) is 60.3. The van der Waals surface area contributed by atoms with Crippen LogP contribution in [0.25, 0.3) is 0 Å². The zero-order chi connectivity index (χ0) is 51.7. The van der Waals surface area contributed by atoms with Crippen LogP contribution in [0.4, 0.5) is 17.6 Å². The Morgan fingerprint density at radius 2 is 0.771 bits per heavy atom. The number of halogens is 4. The van der Waals surface area contributed by atoms with E-state index < -0.39 is 58.0 Å². The number of carbonyl (C=O) groups is 4. The van der Waals surface area contributed by atoms with E-state index in [1.807, 2.05) is 16.8 Å². The number of carboxylic acids is 2. The number of carboxylic acid groups (broad SMARTS) is 2. The van der Waals surface area contributed by atoms with Crippen LogP contribution in [0.3, 0.4) is 0 Å². The Balaban J connectivity index is 0.000000373. The standard InChI is InChI=1S/C30H47F2NO4.C26H39F2NO4/c1-5-8-9-10-11-12-13-14-15-23-16-17-24(27(32)26(23)31)22-33(4)25-18-20-30(21-19-25,28(34)36-6-2)29(35)37-7-3;1-3-4-5-6-7-8-9-10-11-19-12-13-20(23(28)22(19)27)18-29(2)21-14-16-26(17-15-21,24(30)31)25(32)33/h16-17,25H,5-15,18-22H2,1-4H3;12-13,21H,3-11,14-18H2,1-2H3,(H,30,31)(H,32,33). The van der Waals surface area contributed by atoms with Gasteiger partial charge in [-0.15, -0.1) is 0 Å². The molecule has 0 unspecified atom stereocenters. The molecule has 396 valence electrons. The second-order valence-electron chi connectivity index (χ2n) is 20.0. The molecule has 0 saturated heterocycles. The van der Waals surface area contributed by atoms with Gasteiger partial charge in [-0.05, 0) is 116 Å². The van der Waals surface area contributed by atoms with Gasteiger partial charge < -0.3 is 19.7 Å². The van der Waals surface area contributed by atoms with Gasteiger partial charge in [0, 0.05) is 36.3 Å². The Morgan fingerprint density at radius 1 is 0.486 bits per heavy atom. The third-order valence-electron chi connectivity index (χ3n) is 14.9. The molecular formula is C56H86F4N2O8. The zero-order valence-electron chi connectivity index (χ0n) is 43.4. The summed E-state index contributed by atoms with van der Waals surface area (Å²) in [5.74, 6) is -6.78. The summed E-state index contributed by atoms with van der Waals surface area (Å²) < 4.78 is 69.5. The fourth-order valence-corrected chi connectivity index (χ4v) is 10.2. The highest BCUT2D eigenvalue weighted by molar-refractivity contribution is 6.00. The minimum atomic E-state index is -1.74. The summed E-state index contributed by atoms with van der Waals surface area (Å²) in [5, 5.41) is 18.7. The Labute approximate surface area is 416 Å². The molecule has 2 aromatic rings. The van der Waals surface area contributed by atoms with Crippen LogP contribution < -0.4 is 0 Å². The minimum absolute atomic E-state index is 0.0288. The molecule has 2 saturated carbocycles. The number of aryl methyl sites for hydroxylation is 2. The van der Waals surface area contributed by atoms with E-state index in [2.05, 4.69) is 13.8 Å². The van der Waals surface area contributed by atoms with E-state index in [9.17, 15) is 47.0 Å². The van der Waals surface area contributed by atoms with Crippen LogP contribution in [0.2, 0.25) is 0 Å². The van der Waals surface area contributed by atoms with Gasteiger partial charge in [-0.25, -0.2) is 17.6 Å². The van der Waals surface area contributed by atoms with E-state index >= 15 is 0 Å². The number of esters is 2. The molecule has 0 bridgehead atoms. The lowest BCUT2D eigenvalue weighted by molar-refractivity contribution is -0.176. The van der Waals surface area contributed by atoms with Gasteiger partial charge >= 0.3 is 23.9 Å². The van der Waals surface area contributed by atoms with Gasteiger partial charge in [-0.3, -0.25) is 29.0 Å². The fraction of sp³-hybridized carbons (Fsp3) is 0.714. The molecule has 0 aromatic heterocycles. The van der Waals surface area contributed by atoms with Crippen LogP contribution in [0.1, 0.15) is 204 Å². The van der Waals surface area contributed by atoms with Crippen LogP contribution in [-0.2, 0) is 54.6 Å². The van der Waals surface area contributed by atoms with Gasteiger partial charge in [0.15, 0.2) is 34.1 Å². The van der Waals surface area contributed by atoms with E-state index in [0.717, 1.165) is 38.5 Å². The molecule has 0 amide bonds. The first-order valence-electron chi connectivity index (χ1n) is 26.7. The van der Waals surface area contributed by atoms with Crippen molar-refractivity contribution in [1.82, 2.24) is 9.80 Å². The first-order valence-corrected chi connectivity index (χ1v) is 26.7. The Hall–Kier alpha value is -4.04. The van der Waals surface area contributed by atoms with E-state index in [4.69, 9.17) is 9.47 Å². The van der Waals surface area contributed by atoms with Crippen LogP contribution in [0, 0.1) is 34.1 Å². The van der Waals surface area contributed by atoms with Gasteiger partial charge in [-0.2, -0.15) is 0 Å². The van der Waals surface area contributed by atoms with Crippen LogP contribution in [0.5, 0.6) is 0 Å². The summed E-state index contributed by atoms with van der Waals surface area (Å²) in [6.07, 6.45) is 22.2. The van der Waals surface area contributed by atoms with Gasteiger partial charge in [0.2, 0.25) is 0 Å². The number of carbonyl (C=O) groups excluding carboxylic acids is 2. The molecule has 2 aromatic carbocycles. The number of nitrogens with zero attached hydrogens (tertiary/aromatic N) is 2. The van der Waals surface area contributed by atoms with Gasteiger partial charge in [0.05, 0.1) is 13.2 Å². The number of benzene rings is 2. The van der Waals surface area contributed by atoms with Crippen molar-refractivity contribution < 1.29 is 56.4 Å². The van der Waals surface area contributed by atoms with Crippen LogP contribution >= 0.6 is 0 Å². The molecular weight excluding hydrogens is 905 g/mol. The predicted molar refractivity (Wildman–Crippen MR) is 266 cm³/mol. The highest BCUT2D eigenvalue weighted by Crippen LogP contribution is 2.41. The highest BCUT2D eigenvalue weighted by Gasteiger charge is 2.51. The number of ether oxygens (including phenoxy) is 2. The van der Waals surface area contributed by atoms with Gasteiger partial charge in [-0.1, -0.05) is 128 Å². The summed E-state index contributed by atoms with van der Waals surface area (Å²) in [6, 6.07) is 6.68. The van der Waals surface area contributed by atoms with Crippen molar-refractivity contribution in [1.29, 1.82) is 0 Å². The maximum absolute atomic E-state index is 14.9. The molecule has 4 rings (SSSR count). The average Bonchev–Trinajstić information content (AvgIpc) is 3.35. The zero-order valence-corrected chi connectivity index (χ0v) is 43.4. The second kappa shape index (κ2) is 31.4. The Morgan fingerprint density at radius 3 is 1.09 bits per heavy atom. The number of hydrogen-bond acceptors (Lipinski definition) is 8. The maximum atomic E-state index is 14.9. The normalized spacial score (nSPS) is 15.9. The van der Waals surface area contributed by atoms with Crippen molar-refractivity contribution in [3.63, 3.8) is 0 Å². The summed E-state index contributed by atoms with van der Waals surface area (Å²) in [5.41, 5.74) is -1.57. The molecule has 2 fully saturated rings. The van der Waals surface area contributed by atoms with Crippen molar-refractivity contribution in [3.8, 4) is 0 Å². The number of hydrogen-bond donors (Lipinski definition) is 2. The molecule has 0 aliphatic heterocycles. The minimum Gasteiger partial charge on any atom is -0.480 e. The molecule has 2 aliphatic rings. The molecule has 2 N–H and O–H groups in total. The maximum Gasteiger partial charge on any atom is 0.323 e. The van der Waals surface area contributed by atoms with Crippen molar-refractivity contribution in [2.75, 3.05) is 27.3 Å². The lowest BCUT2D eigenvalue weighted by atomic mass is 9.72. The van der Waals surface area contributed by atoms with Crippen molar-refractivity contribution in [2.24, 2.45) is 10.8 Å². The molecule has 14 heteroatoms. The van der Waals surface area contributed by atoms with Gasteiger partial charge in [0.25, 0.3) is 0 Å². The third kappa shape index (κ3) is 17.6. The SMILES string of the molecule is CCCCCCCCCCc1ccc(CN(C)C2CCC(C(=O)O)(C(=O)O)CC2)c(F)c1F.CCCCCCCCCCc1ccc(CN(C)C2CCC(C(=O)OCC)(C(=O)OCC)CC2)c(F)c1F. The summed E-state index contributed by atoms with van der Waals surface area (Å²) >= 11 is 0. The Kier molecular flexibility index (Phi) is 27.1. The monoisotopic (exact) mass is 991 g/mol. The molecule has 10 nitrogen and oxygen atoms in total. The molecule has 2 aliphatic carbocycles. The van der Waals surface area contributed by atoms with Crippen molar-refractivity contribution in [2.45, 2.75) is 220 Å². The molecule has 70 heavy (non-hydrogen) atoms. The second-order valence-corrected chi connectivity index (χ2v) is 20.0. The topological polar surface area (TPSA) is 134 Å². The molecule has 0 atom stereocenters. The van der Waals surface area contributed by atoms with Crippen molar-refractivity contribution >= 4 is 23.9 Å². The summed E-state index contributed by atoms with van der Waals surface area (Å²) in [6.45, 7) is 8.68. The average molecular weight is 991 g/mol. The third-order valence-corrected chi connectivity index (χ3v) is 14.9. The lowest BCUT2D eigenvalue weighted by Gasteiger charge is -2.39. The smallest absolute Gasteiger partial charge is 0.323 e. The Bertz CT molecular complexity index is 1880. The van der Waals surface area contributed by atoms with E-state index in [1.54, 1.807) is 45.2 Å². The van der Waals surface area contributed by atoms with Gasteiger partial charge in [0.1, 0.15) is 0 Å². The van der Waals surface area contributed by atoms with E-state index in [-0.39, 0.29) is 56.8 Å². The van der Waals surface area contributed by atoms with E-state index in [1.165, 1.54) is 64.2 Å².